The molecule has 0 bridgehead atoms. The lowest BCUT2D eigenvalue weighted by Crippen LogP contribution is -2.40. The standard InChI is InChI=1S/C19H22N4O2/c24-18-6-3-8-23(18)19(25)13-22-9-7-15(12-22)21-16-10-14-4-1-2-5-17(14)20-11-16/h1-2,4-5,10-11,15,21H,3,6-9,12-13H2/t15-/m1/s1. The first-order valence-corrected chi connectivity index (χ1v) is 8.86. The van der Waals surface area contributed by atoms with E-state index in [4.69, 9.17) is 0 Å². The molecule has 130 valence electrons. The van der Waals surface area contributed by atoms with Gasteiger partial charge < -0.3 is 5.32 Å². The molecule has 0 spiro atoms. The van der Waals surface area contributed by atoms with Crippen molar-refractivity contribution >= 4 is 28.4 Å². The third-order valence-electron chi connectivity index (χ3n) is 4.97. The molecule has 2 fully saturated rings. The molecule has 0 saturated carbocycles. The van der Waals surface area contributed by atoms with E-state index < -0.39 is 0 Å². The van der Waals surface area contributed by atoms with Gasteiger partial charge >= 0.3 is 0 Å². The minimum absolute atomic E-state index is 0.0268. The van der Waals surface area contributed by atoms with E-state index in [9.17, 15) is 9.59 Å². The number of carbonyl (C=O) groups is 2. The minimum atomic E-state index is -0.0597. The summed E-state index contributed by atoms with van der Waals surface area (Å²) in [5, 5.41) is 4.63. The number of amides is 2. The largest absolute Gasteiger partial charge is 0.380 e. The summed E-state index contributed by atoms with van der Waals surface area (Å²) in [4.78, 5) is 31.9. The van der Waals surface area contributed by atoms with Gasteiger partial charge in [-0.1, -0.05) is 18.2 Å². The van der Waals surface area contributed by atoms with Gasteiger partial charge in [0.05, 0.1) is 23.9 Å². The van der Waals surface area contributed by atoms with Gasteiger partial charge in [0.25, 0.3) is 0 Å². The van der Waals surface area contributed by atoms with Crippen LogP contribution in [0.15, 0.2) is 36.5 Å². The maximum absolute atomic E-state index is 12.3. The van der Waals surface area contributed by atoms with Gasteiger partial charge in [-0.05, 0) is 25.0 Å². The van der Waals surface area contributed by atoms with Crippen LogP contribution in [0.2, 0.25) is 0 Å². The van der Waals surface area contributed by atoms with E-state index in [1.54, 1.807) is 0 Å². The maximum Gasteiger partial charge on any atom is 0.243 e. The minimum Gasteiger partial charge on any atom is -0.380 e. The van der Waals surface area contributed by atoms with Crippen LogP contribution in [-0.2, 0) is 9.59 Å². The summed E-state index contributed by atoms with van der Waals surface area (Å²) in [6.07, 6.45) is 4.14. The molecule has 3 heterocycles. The average Bonchev–Trinajstić information content (AvgIpc) is 3.23. The summed E-state index contributed by atoms with van der Waals surface area (Å²) >= 11 is 0. The number of nitrogens with one attached hydrogen (secondary N) is 1. The van der Waals surface area contributed by atoms with Crippen molar-refractivity contribution in [3.8, 4) is 0 Å². The van der Waals surface area contributed by atoms with Crippen LogP contribution in [0.4, 0.5) is 5.69 Å². The number of fused-ring (bicyclic) bond motifs is 1. The van der Waals surface area contributed by atoms with Crippen LogP contribution < -0.4 is 5.32 Å². The number of anilines is 1. The monoisotopic (exact) mass is 338 g/mol. The Morgan fingerprint density at radius 1 is 1.28 bits per heavy atom. The quantitative estimate of drug-likeness (QED) is 0.922. The molecule has 6 heteroatoms. The molecule has 6 nitrogen and oxygen atoms in total. The van der Waals surface area contributed by atoms with Crippen LogP contribution >= 0.6 is 0 Å². The number of aromatic nitrogens is 1. The van der Waals surface area contributed by atoms with Crippen LogP contribution in [0.5, 0.6) is 0 Å². The predicted octanol–water partition coefficient (Wildman–Crippen LogP) is 1.87. The average molecular weight is 338 g/mol. The highest BCUT2D eigenvalue weighted by Crippen LogP contribution is 2.20. The highest BCUT2D eigenvalue weighted by molar-refractivity contribution is 5.97. The molecule has 4 rings (SSSR count). The van der Waals surface area contributed by atoms with E-state index in [0.29, 0.717) is 25.6 Å². The molecular weight excluding hydrogens is 316 g/mol. The smallest absolute Gasteiger partial charge is 0.243 e. The SMILES string of the molecule is O=C1CCCN1C(=O)CN1CC[C@@H](Nc2cnc3ccccc3c2)C1. The highest BCUT2D eigenvalue weighted by atomic mass is 16.2. The molecule has 1 aromatic heterocycles. The molecule has 2 aliphatic rings. The molecule has 1 N–H and O–H groups in total. The van der Waals surface area contributed by atoms with Crippen LogP contribution in [0.1, 0.15) is 19.3 Å². The Morgan fingerprint density at radius 3 is 3.00 bits per heavy atom. The number of imide groups is 1. The van der Waals surface area contributed by atoms with Gasteiger partial charge in [-0.25, -0.2) is 0 Å². The molecule has 0 radical (unpaired) electrons. The zero-order valence-corrected chi connectivity index (χ0v) is 14.1. The van der Waals surface area contributed by atoms with Crippen molar-refractivity contribution in [2.45, 2.75) is 25.3 Å². The van der Waals surface area contributed by atoms with Gasteiger partial charge in [-0.15, -0.1) is 0 Å². The summed E-state index contributed by atoms with van der Waals surface area (Å²) in [5.41, 5.74) is 1.99. The molecule has 0 aliphatic carbocycles. The van der Waals surface area contributed by atoms with E-state index in [1.165, 1.54) is 4.90 Å². The third-order valence-corrected chi connectivity index (χ3v) is 4.97. The van der Waals surface area contributed by atoms with Gasteiger partial charge in [0.2, 0.25) is 11.8 Å². The Hall–Kier alpha value is -2.47. The lowest BCUT2D eigenvalue weighted by molar-refractivity contribution is -0.142. The summed E-state index contributed by atoms with van der Waals surface area (Å²) in [7, 11) is 0. The van der Waals surface area contributed by atoms with Crippen molar-refractivity contribution < 1.29 is 9.59 Å². The normalized spacial score (nSPS) is 21.2. The first-order valence-electron chi connectivity index (χ1n) is 8.86. The molecule has 2 saturated heterocycles. The Kier molecular flexibility index (Phi) is 4.36. The van der Waals surface area contributed by atoms with E-state index in [2.05, 4.69) is 27.3 Å². The highest BCUT2D eigenvalue weighted by Gasteiger charge is 2.30. The second kappa shape index (κ2) is 6.80. The number of carbonyl (C=O) groups excluding carboxylic acids is 2. The number of nitrogens with zero attached hydrogens (tertiary/aromatic N) is 3. The summed E-state index contributed by atoms with van der Waals surface area (Å²) < 4.78 is 0. The van der Waals surface area contributed by atoms with Crippen LogP contribution in [-0.4, -0.2) is 58.8 Å². The number of likely N-dealkylation sites (tertiary alicyclic amines) is 2. The molecular formula is C19H22N4O2. The first kappa shape index (κ1) is 16.0. The molecule has 2 aromatic rings. The van der Waals surface area contributed by atoms with Gasteiger partial charge in [0.1, 0.15) is 0 Å². The van der Waals surface area contributed by atoms with E-state index in [-0.39, 0.29) is 11.8 Å². The Balaban J connectivity index is 1.34. The fourth-order valence-electron chi connectivity index (χ4n) is 3.67. The van der Waals surface area contributed by atoms with Crippen molar-refractivity contribution in [1.82, 2.24) is 14.8 Å². The number of hydrogen-bond acceptors (Lipinski definition) is 5. The molecule has 1 aromatic carbocycles. The summed E-state index contributed by atoms with van der Waals surface area (Å²) in [5.74, 6) is -0.0865. The summed E-state index contributed by atoms with van der Waals surface area (Å²) in [6.45, 7) is 2.59. The topological polar surface area (TPSA) is 65.5 Å². The zero-order chi connectivity index (χ0) is 17.2. The van der Waals surface area contributed by atoms with E-state index >= 15 is 0 Å². The van der Waals surface area contributed by atoms with Gasteiger partial charge in [0.15, 0.2) is 0 Å². The number of hydrogen-bond donors (Lipinski definition) is 1. The van der Waals surface area contributed by atoms with Crippen molar-refractivity contribution in [2.24, 2.45) is 0 Å². The number of pyridine rings is 1. The lowest BCUT2D eigenvalue weighted by atomic mass is 10.2. The molecule has 2 amide bonds. The predicted molar refractivity (Wildman–Crippen MR) is 96.2 cm³/mol. The van der Waals surface area contributed by atoms with Crippen LogP contribution in [0, 0.1) is 0 Å². The van der Waals surface area contributed by atoms with Crippen molar-refractivity contribution in [1.29, 1.82) is 0 Å². The van der Waals surface area contributed by atoms with Crippen molar-refractivity contribution in [3.05, 3.63) is 36.5 Å². The maximum atomic E-state index is 12.3. The molecule has 1 atom stereocenters. The van der Waals surface area contributed by atoms with Gasteiger partial charge in [-0.2, -0.15) is 0 Å². The first-order chi connectivity index (χ1) is 12.2. The second-order valence-corrected chi connectivity index (χ2v) is 6.82. The van der Waals surface area contributed by atoms with Crippen LogP contribution in [0.3, 0.4) is 0 Å². The fraction of sp³-hybridized carbons (Fsp3) is 0.421. The Bertz CT molecular complexity index is 807. The fourth-order valence-corrected chi connectivity index (χ4v) is 3.67. The van der Waals surface area contributed by atoms with Crippen molar-refractivity contribution in [3.63, 3.8) is 0 Å². The third kappa shape index (κ3) is 3.49. The van der Waals surface area contributed by atoms with Crippen LogP contribution in [0.25, 0.3) is 10.9 Å². The molecule has 0 unspecified atom stereocenters. The number of para-hydroxylation sites is 1. The summed E-state index contributed by atoms with van der Waals surface area (Å²) in [6, 6.07) is 10.5. The Morgan fingerprint density at radius 2 is 2.16 bits per heavy atom. The van der Waals surface area contributed by atoms with E-state index in [0.717, 1.165) is 42.5 Å². The Labute approximate surface area is 146 Å². The number of rotatable bonds is 4. The molecule has 2 aliphatic heterocycles. The van der Waals surface area contributed by atoms with E-state index in [1.807, 2.05) is 24.4 Å². The van der Waals surface area contributed by atoms with Gasteiger partial charge in [0, 0.05) is 37.5 Å². The zero-order valence-electron chi connectivity index (χ0n) is 14.1. The molecule has 25 heavy (non-hydrogen) atoms. The van der Waals surface area contributed by atoms with Gasteiger partial charge in [-0.3, -0.25) is 24.4 Å². The number of benzene rings is 1. The van der Waals surface area contributed by atoms with Crippen molar-refractivity contribution in [2.75, 3.05) is 31.5 Å². The lowest BCUT2D eigenvalue weighted by Gasteiger charge is -2.20. The second-order valence-electron chi connectivity index (χ2n) is 6.82.